The summed E-state index contributed by atoms with van der Waals surface area (Å²) in [6.07, 6.45) is 3.73. The molecule has 4 N–H and O–H groups in total. The van der Waals surface area contributed by atoms with E-state index in [0.29, 0.717) is 6.04 Å². The van der Waals surface area contributed by atoms with Crippen molar-refractivity contribution in [2.75, 3.05) is 18.4 Å². The standard InChI is InChI=1S/C19H21ClN2.C4H6O4/c20-18-6-5-13-7-9-21-10-8-17(13)19(18)22-16-11-14-3-1-2-4-15(14)12-16;5-3(6)1-2-4(7)8/h1-6,16,21-22H,7-12H2;1-2H2,(H,5,6)(H,7,8). The summed E-state index contributed by atoms with van der Waals surface area (Å²) in [4.78, 5) is 19.3. The maximum absolute atomic E-state index is 9.64. The lowest BCUT2D eigenvalue weighted by Crippen LogP contribution is -2.21. The first-order chi connectivity index (χ1) is 14.4. The van der Waals surface area contributed by atoms with Gasteiger partial charge in [-0.1, -0.05) is 41.9 Å². The molecule has 2 aromatic rings. The number of fused-ring (bicyclic) bond motifs is 2. The van der Waals surface area contributed by atoms with Crippen LogP contribution in [0.5, 0.6) is 0 Å². The number of carboxylic acids is 2. The normalized spacial score (nSPS) is 15.2. The molecule has 0 aromatic heterocycles. The monoisotopic (exact) mass is 430 g/mol. The van der Waals surface area contributed by atoms with E-state index in [1.165, 1.54) is 27.9 Å². The van der Waals surface area contributed by atoms with Gasteiger partial charge in [-0.3, -0.25) is 9.59 Å². The molecule has 4 rings (SSSR count). The van der Waals surface area contributed by atoms with Gasteiger partial charge in [0, 0.05) is 6.04 Å². The van der Waals surface area contributed by atoms with Crippen molar-refractivity contribution in [2.24, 2.45) is 0 Å². The van der Waals surface area contributed by atoms with Crippen LogP contribution < -0.4 is 10.6 Å². The fraction of sp³-hybridized carbons (Fsp3) is 0.391. The first-order valence-corrected chi connectivity index (χ1v) is 10.6. The molecule has 160 valence electrons. The zero-order chi connectivity index (χ0) is 21.5. The fourth-order valence-electron chi connectivity index (χ4n) is 3.98. The van der Waals surface area contributed by atoms with Gasteiger partial charge in [0.15, 0.2) is 0 Å². The molecule has 0 unspecified atom stereocenters. The van der Waals surface area contributed by atoms with Crippen LogP contribution >= 0.6 is 11.6 Å². The Kier molecular flexibility index (Phi) is 7.71. The smallest absolute Gasteiger partial charge is 0.303 e. The van der Waals surface area contributed by atoms with Crippen LogP contribution in [-0.2, 0) is 35.3 Å². The average molecular weight is 431 g/mol. The molecule has 1 heterocycles. The van der Waals surface area contributed by atoms with Gasteiger partial charge in [0.2, 0.25) is 0 Å². The van der Waals surface area contributed by atoms with Crippen molar-refractivity contribution in [2.45, 2.75) is 44.6 Å². The number of carbonyl (C=O) groups is 2. The van der Waals surface area contributed by atoms with E-state index in [2.05, 4.69) is 47.0 Å². The van der Waals surface area contributed by atoms with Crippen molar-refractivity contribution < 1.29 is 19.8 Å². The van der Waals surface area contributed by atoms with Crippen molar-refractivity contribution in [1.29, 1.82) is 0 Å². The minimum Gasteiger partial charge on any atom is -0.481 e. The Hall–Kier alpha value is -2.57. The van der Waals surface area contributed by atoms with Crippen molar-refractivity contribution in [1.82, 2.24) is 5.32 Å². The summed E-state index contributed by atoms with van der Waals surface area (Å²) >= 11 is 6.52. The van der Waals surface area contributed by atoms with E-state index in [1.807, 2.05) is 0 Å². The number of hydrogen-bond donors (Lipinski definition) is 4. The number of nitrogens with one attached hydrogen (secondary N) is 2. The molecule has 0 atom stereocenters. The summed E-state index contributed by atoms with van der Waals surface area (Å²) in [5, 5.41) is 23.9. The first-order valence-electron chi connectivity index (χ1n) is 10.2. The molecule has 6 nitrogen and oxygen atoms in total. The molecule has 1 aliphatic carbocycles. The maximum atomic E-state index is 9.64. The number of anilines is 1. The molecule has 0 spiro atoms. The molecule has 0 bridgehead atoms. The number of carboxylic acid groups (broad SMARTS) is 2. The molecule has 2 aliphatic rings. The van der Waals surface area contributed by atoms with E-state index in [0.717, 1.165) is 43.8 Å². The Bertz CT molecular complexity index is 877. The second kappa shape index (κ2) is 10.5. The van der Waals surface area contributed by atoms with Gasteiger partial charge in [0.05, 0.1) is 23.6 Å². The lowest BCUT2D eigenvalue weighted by Gasteiger charge is -2.20. The topological polar surface area (TPSA) is 98.7 Å². The third-order valence-electron chi connectivity index (χ3n) is 5.43. The summed E-state index contributed by atoms with van der Waals surface area (Å²) in [5.41, 5.74) is 6.96. The highest BCUT2D eigenvalue weighted by Crippen LogP contribution is 2.33. The molecule has 0 radical (unpaired) electrons. The van der Waals surface area contributed by atoms with Crippen molar-refractivity contribution in [3.63, 3.8) is 0 Å². The quantitative estimate of drug-likeness (QED) is 0.579. The highest BCUT2D eigenvalue weighted by molar-refractivity contribution is 6.33. The predicted octanol–water partition coefficient (Wildman–Crippen LogP) is 3.54. The van der Waals surface area contributed by atoms with Gasteiger partial charge in [-0.05, 0) is 67.1 Å². The van der Waals surface area contributed by atoms with E-state index in [9.17, 15) is 9.59 Å². The molecule has 7 heteroatoms. The summed E-state index contributed by atoms with van der Waals surface area (Å²) < 4.78 is 0. The lowest BCUT2D eigenvalue weighted by atomic mass is 10.00. The van der Waals surface area contributed by atoms with Gasteiger partial charge in [-0.2, -0.15) is 0 Å². The zero-order valence-corrected chi connectivity index (χ0v) is 17.5. The number of aliphatic carboxylic acids is 2. The van der Waals surface area contributed by atoms with Gasteiger partial charge >= 0.3 is 11.9 Å². The Labute approximate surface area is 181 Å². The van der Waals surface area contributed by atoms with Crippen LogP contribution in [0.3, 0.4) is 0 Å². The highest BCUT2D eigenvalue weighted by Gasteiger charge is 2.23. The Morgan fingerprint density at radius 3 is 2.13 bits per heavy atom. The van der Waals surface area contributed by atoms with Gasteiger partial charge in [-0.15, -0.1) is 0 Å². The fourth-order valence-corrected chi connectivity index (χ4v) is 4.21. The van der Waals surface area contributed by atoms with Gasteiger partial charge < -0.3 is 20.8 Å². The van der Waals surface area contributed by atoms with E-state index >= 15 is 0 Å². The van der Waals surface area contributed by atoms with Crippen LogP contribution in [0.15, 0.2) is 36.4 Å². The third-order valence-corrected chi connectivity index (χ3v) is 5.75. The molecule has 0 amide bonds. The molecule has 0 saturated heterocycles. The summed E-state index contributed by atoms with van der Waals surface area (Å²) in [7, 11) is 0. The predicted molar refractivity (Wildman–Crippen MR) is 117 cm³/mol. The molecular weight excluding hydrogens is 404 g/mol. The third kappa shape index (κ3) is 5.97. The molecular formula is C23H27ClN2O4. The average Bonchev–Trinajstić information content (AvgIpc) is 2.97. The van der Waals surface area contributed by atoms with Crippen LogP contribution in [0, 0.1) is 0 Å². The van der Waals surface area contributed by atoms with Crippen molar-refractivity contribution >= 4 is 29.2 Å². The Morgan fingerprint density at radius 2 is 1.53 bits per heavy atom. The molecule has 1 aliphatic heterocycles. The highest BCUT2D eigenvalue weighted by atomic mass is 35.5. The van der Waals surface area contributed by atoms with Gasteiger partial charge in [-0.25, -0.2) is 0 Å². The largest absolute Gasteiger partial charge is 0.481 e. The summed E-state index contributed by atoms with van der Waals surface area (Å²) in [6, 6.07) is 13.5. The van der Waals surface area contributed by atoms with Crippen LogP contribution in [0.4, 0.5) is 5.69 Å². The Balaban J connectivity index is 0.000000275. The minimum absolute atomic E-state index is 0.296. The van der Waals surface area contributed by atoms with E-state index in [4.69, 9.17) is 21.8 Å². The molecule has 2 aromatic carbocycles. The second-order valence-corrected chi connectivity index (χ2v) is 8.02. The number of hydrogen-bond acceptors (Lipinski definition) is 4. The van der Waals surface area contributed by atoms with E-state index in [1.54, 1.807) is 0 Å². The van der Waals surface area contributed by atoms with Crippen LogP contribution in [0.1, 0.15) is 35.1 Å². The second-order valence-electron chi connectivity index (χ2n) is 7.62. The Morgan fingerprint density at radius 1 is 0.933 bits per heavy atom. The van der Waals surface area contributed by atoms with Crippen LogP contribution in [0.25, 0.3) is 0 Å². The molecule has 0 fully saturated rings. The van der Waals surface area contributed by atoms with E-state index in [-0.39, 0.29) is 12.8 Å². The van der Waals surface area contributed by atoms with E-state index < -0.39 is 11.9 Å². The zero-order valence-electron chi connectivity index (χ0n) is 16.8. The van der Waals surface area contributed by atoms with Gasteiger partial charge in [0.25, 0.3) is 0 Å². The van der Waals surface area contributed by atoms with Crippen molar-refractivity contribution in [3.8, 4) is 0 Å². The number of rotatable bonds is 5. The van der Waals surface area contributed by atoms with Crippen molar-refractivity contribution in [3.05, 3.63) is 63.7 Å². The van der Waals surface area contributed by atoms with Crippen LogP contribution in [0.2, 0.25) is 5.02 Å². The SMILES string of the molecule is Clc1ccc2c(c1NC1Cc3ccccc3C1)CCNCC2.O=C(O)CCC(=O)O. The maximum Gasteiger partial charge on any atom is 0.303 e. The number of halogens is 1. The number of benzene rings is 2. The molecule has 0 saturated carbocycles. The molecule has 30 heavy (non-hydrogen) atoms. The van der Waals surface area contributed by atoms with Crippen LogP contribution in [-0.4, -0.2) is 41.3 Å². The lowest BCUT2D eigenvalue weighted by molar-refractivity contribution is -0.143. The minimum atomic E-state index is -1.08. The summed E-state index contributed by atoms with van der Waals surface area (Å²) in [6.45, 7) is 2.09. The van der Waals surface area contributed by atoms with Gasteiger partial charge in [0.1, 0.15) is 0 Å². The first kappa shape index (κ1) is 22.1. The summed E-state index contributed by atoms with van der Waals surface area (Å²) in [5.74, 6) is -2.15.